The molecule has 0 saturated carbocycles. The Balaban J connectivity index is 1.62. The standard InChI is InChI=1S/C18H19N3O2S2/c1-12(15-8-5-9-24-15)21-23-11-17(22)20-18-14(10-19)13-6-3-2-4-7-16(13)25-18/h5,8-9H,2-4,6-7,11H2,1H3,(H,20,22)/b21-12-. The zero-order chi connectivity index (χ0) is 17.6. The number of amides is 1. The Morgan fingerprint density at radius 2 is 2.24 bits per heavy atom. The van der Waals surface area contributed by atoms with Gasteiger partial charge in [-0.05, 0) is 49.6 Å². The minimum absolute atomic E-state index is 0.170. The largest absolute Gasteiger partial charge is 0.385 e. The lowest BCUT2D eigenvalue weighted by molar-refractivity contribution is -0.120. The number of oxime groups is 1. The number of fused-ring (bicyclic) bond motifs is 1. The van der Waals surface area contributed by atoms with Gasteiger partial charge in [-0.15, -0.1) is 22.7 Å². The number of aryl methyl sites for hydroxylation is 1. The Morgan fingerprint density at radius 3 is 3.00 bits per heavy atom. The quantitative estimate of drug-likeness (QED) is 0.481. The maximum atomic E-state index is 12.1. The summed E-state index contributed by atoms with van der Waals surface area (Å²) in [6.07, 6.45) is 5.36. The van der Waals surface area contributed by atoms with Crippen molar-refractivity contribution in [3.8, 4) is 6.07 Å². The van der Waals surface area contributed by atoms with Crippen LogP contribution in [0.4, 0.5) is 5.00 Å². The second-order valence-electron chi connectivity index (χ2n) is 5.86. The molecule has 0 aliphatic heterocycles. The molecule has 25 heavy (non-hydrogen) atoms. The van der Waals surface area contributed by atoms with E-state index in [-0.39, 0.29) is 12.5 Å². The van der Waals surface area contributed by atoms with Crippen LogP contribution in [0.1, 0.15) is 47.1 Å². The maximum absolute atomic E-state index is 12.1. The van der Waals surface area contributed by atoms with Crippen LogP contribution in [0.2, 0.25) is 0 Å². The third-order valence-electron chi connectivity index (χ3n) is 4.06. The van der Waals surface area contributed by atoms with E-state index in [2.05, 4.69) is 16.5 Å². The van der Waals surface area contributed by atoms with Crippen molar-refractivity contribution in [3.63, 3.8) is 0 Å². The van der Waals surface area contributed by atoms with Gasteiger partial charge in [-0.3, -0.25) is 4.79 Å². The van der Waals surface area contributed by atoms with Crippen LogP contribution in [-0.2, 0) is 22.5 Å². The number of rotatable bonds is 5. The topological polar surface area (TPSA) is 74.5 Å². The van der Waals surface area contributed by atoms with Gasteiger partial charge in [0.15, 0.2) is 6.61 Å². The monoisotopic (exact) mass is 373 g/mol. The molecule has 0 saturated heterocycles. The van der Waals surface area contributed by atoms with Gasteiger partial charge in [0.25, 0.3) is 5.91 Å². The number of nitrogens with one attached hydrogen (secondary N) is 1. The molecule has 0 unspecified atom stereocenters. The fourth-order valence-electron chi connectivity index (χ4n) is 2.83. The highest BCUT2D eigenvalue weighted by Crippen LogP contribution is 2.36. The molecule has 2 aromatic heterocycles. The highest BCUT2D eigenvalue weighted by atomic mass is 32.1. The first-order valence-electron chi connectivity index (χ1n) is 8.24. The van der Waals surface area contributed by atoms with Gasteiger partial charge in [-0.1, -0.05) is 17.6 Å². The molecular formula is C18H19N3O2S2. The number of nitrogens with zero attached hydrogens (tertiary/aromatic N) is 2. The highest BCUT2D eigenvalue weighted by Gasteiger charge is 2.21. The van der Waals surface area contributed by atoms with Crippen LogP contribution in [-0.4, -0.2) is 18.2 Å². The van der Waals surface area contributed by atoms with Crippen LogP contribution in [0.15, 0.2) is 22.7 Å². The van der Waals surface area contributed by atoms with Gasteiger partial charge in [0.1, 0.15) is 11.1 Å². The normalized spacial score (nSPS) is 14.3. The first-order valence-corrected chi connectivity index (χ1v) is 9.93. The Bertz CT molecular complexity index is 816. The van der Waals surface area contributed by atoms with Crippen molar-refractivity contribution in [2.24, 2.45) is 5.16 Å². The van der Waals surface area contributed by atoms with Gasteiger partial charge >= 0.3 is 0 Å². The summed E-state index contributed by atoms with van der Waals surface area (Å²) < 4.78 is 0. The number of nitriles is 1. The Hall–Kier alpha value is -2.17. The molecule has 130 valence electrons. The molecular weight excluding hydrogens is 354 g/mol. The molecule has 5 nitrogen and oxygen atoms in total. The molecule has 0 bridgehead atoms. The lowest BCUT2D eigenvalue weighted by Crippen LogP contribution is -2.17. The molecule has 0 atom stereocenters. The zero-order valence-electron chi connectivity index (χ0n) is 14.0. The molecule has 7 heteroatoms. The summed E-state index contributed by atoms with van der Waals surface area (Å²) in [6.45, 7) is 1.67. The summed E-state index contributed by atoms with van der Waals surface area (Å²) in [7, 11) is 0. The van der Waals surface area contributed by atoms with Crippen molar-refractivity contribution >= 4 is 39.3 Å². The van der Waals surface area contributed by atoms with E-state index in [1.165, 1.54) is 22.6 Å². The average molecular weight is 374 g/mol. The van der Waals surface area contributed by atoms with E-state index in [0.717, 1.165) is 41.8 Å². The first kappa shape index (κ1) is 17.6. The summed E-state index contributed by atoms with van der Waals surface area (Å²) in [6, 6.07) is 6.15. The van der Waals surface area contributed by atoms with E-state index in [1.807, 2.05) is 24.4 Å². The zero-order valence-corrected chi connectivity index (χ0v) is 15.6. The number of hydrogen-bond acceptors (Lipinski definition) is 6. The second kappa shape index (κ2) is 8.28. The molecule has 3 rings (SSSR count). The summed E-state index contributed by atoms with van der Waals surface area (Å²) in [5.74, 6) is -0.296. The van der Waals surface area contributed by atoms with E-state index >= 15 is 0 Å². The molecule has 1 aliphatic carbocycles. The lowest BCUT2D eigenvalue weighted by atomic mass is 10.1. The van der Waals surface area contributed by atoms with Crippen molar-refractivity contribution in [1.29, 1.82) is 5.26 Å². The van der Waals surface area contributed by atoms with Crippen LogP contribution >= 0.6 is 22.7 Å². The van der Waals surface area contributed by atoms with Gasteiger partial charge in [-0.2, -0.15) is 5.26 Å². The van der Waals surface area contributed by atoms with Crippen molar-refractivity contribution in [1.82, 2.24) is 0 Å². The van der Waals surface area contributed by atoms with Gasteiger partial charge in [0.2, 0.25) is 0 Å². The highest BCUT2D eigenvalue weighted by molar-refractivity contribution is 7.16. The van der Waals surface area contributed by atoms with Crippen molar-refractivity contribution < 1.29 is 9.63 Å². The third kappa shape index (κ3) is 4.27. The Morgan fingerprint density at radius 1 is 1.40 bits per heavy atom. The minimum atomic E-state index is -0.296. The fraction of sp³-hybridized carbons (Fsp3) is 0.389. The van der Waals surface area contributed by atoms with Crippen LogP contribution in [0.3, 0.4) is 0 Å². The number of anilines is 1. The van der Waals surface area contributed by atoms with E-state index < -0.39 is 0 Å². The van der Waals surface area contributed by atoms with Crippen LogP contribution < -0.4 is 5.32 Å². The predicted molar refractivity (Wildman–Crippen MR) is 101 cm³/mol. The summed E-state index contributed by atoms with van der Waals surface area (Å²) in [5, 5.41) is 18.9. The maximum Gasteiger partial charge on any atom is 0.265 e. The van der Waals surface area contributed by atoms with Crippen LogP contribution in [0, 0.1) is 11.3 Å². The average Bonchev–Trinajstić information content (AvgIpc) is 3.18. The molecule has 0 radical (unpaired) electrons. The molecule has 1 amide bonds. The number of carbonyl (C=O) groups excluding carboxylic acids is 1. The molecule has 0 fully saturated rings. The van der Waals surface area contributed by atoms with Crippen molar-refractivity contribution in [2.75, 3.05) is 11.9 Å². The molecule has 0 spiro atoms. The van der Waals surface area contributed by atoms with E-state index in [9.17, 15) is 10.1 Å². The van der Waals surface area contributed by atoms with Gasteiger partial charge in [-0.25, -0.2) is 0 Å². The first-order chi connectivity index (χ1) is 12.2. The fourth-order valence-corrected chi connectivity index (χ4v) is 4.75. The van der Waals surface area contributed by atoms with Gasteiger partial charge in [0.05, 0.1) is 16.2 Å². The molecule has 2 aromatic rings. The number of hydrogen-bond donors (Lipinski definition) is 1. The van der Waals surface area contributed by atoms with Crippen LogP contribution in [0.5, 0.6) is 0 Å². The smallest absolute Gasteiger partial charge is 0.265 e. The molecule has 1 aliphatic rings. The molecule has 1 N–H and O–H groups in total. The predicted octanol–water partition coefficient (Wildman–Crippen LogP) is 4.33. The van der Waals surface area contributed by atoms with E-state index in [1.54, 1.807) is 11.3 Å². The SMILES string of the molecule is C/C(=N/OCC(=O)Nc1sc2c(c1C#N)CCCCC2)c1cccs1. The summed E-state index contributed by atoms with van der Waals surface area (Å²) in [5.41, 5.74) is 2.48. The van der Waals surface area contributed by atoms with Crippen molar-refractivity contribution in [3.05, 3.63) is 38.4 Å². The van der Waals surface area contributed by atoms with E-state index in [4.69, 9.17) is 4.84 Å². The Kier molecular flexibility index (Phi) is 5.84. The van der Waals surface area contributed by atoms with Gasteiger partial charge in [0, 0.05) is 4.88 Å². The molecule has 2 heterocycles. The van der Waals surface area contributed by atoms with Gasteiger partial charge < -0.3 is 10.2 Å². The summed E-state index contributed by atoms with van der Waals surface area (Å²) >= 11 is 3.09. The van der Waals surface area contributed by atoms with E-state index in [0.29, 0.717) is 10.6 Å². The van der Waals surface area contributed by atoms with Crippen LogP contribution in [0.25, 0.3) is 0 Å². The number of carbonyl (C=O) groups is 1. The third-order valence-corrected chi connectivity index (χ3v) is 6.25. The minimum Gasteiger partial charge on any atom is -0.385 e. The Labute approximate surface area is 154 Å². The lowest BCUT2D eigenvalue weighted by Gasteiger charge is -2.04. The second-order valence-corrected chi connectivity index (χ2v) is 7.91. The molecule has 0 aromatic carbocycles. The summed E-state index contributed by atoms with van der Waals surface area (Å²) in [4.78, 5) is 19.5. The number of thiophene rings is 2. The van der Waals surface area contributed by atoms with Crippen molar-refractivity contribution in [2.45, 2.75) is 39.0 Å².